The minimum Gasteiger partial charge on any atom is -0.476 e. The summed E-state index contributed by atoms with van der Waals surface area (Å²) < 4.78 is 3.19. The number of hydrogen-bond acceptors (Lipinski definition) is 4. The van der Waals surface area contributed by atoms with Crippen LogP contribution in [0.3, 0.4) is 0 Å². The Bertz CT molecular complexity index is 605. The van der Waals surface area contributed by atoms with Gasteiger partial charge in [0.1, 0.15) is 0 Å². The molecular formula is C13H17N5O3. The van der Waals surface area contributed by atoms with Crippen molar-refractivity contribution in [3.05, 3.63) is 36.4 Å². The maximum atomic E-state index is 11.8. The van der Waals surface area contributed by atoms with E-state index in [-0.39, 0.29) is 24.1 Å². The Morgan fingerprint density at radius 1 is 1.38 bits per heavy atom. The lowest BCUT2D eigenvalue weighted by atomic mass is 10.3. The van der Waals surface area contributed by atoms with Crippen LogP contribution in [0.15, 0.2) is 30.7 Å². The molecule has 2 rings (SSSR count). The Morgan fingerprint density at radius 2 is 2.19 bits per heavy atom. The smallest absolute Gasteiger partial charge is 0.356 e. The Labute approximate surface area is 121 Å². The number of carbonyl (C=O) groups is 2. The summed E-state index contributed by atoms with van der Waals surface area (Å²) in [5, 5.41) is 19.5. The summed E-state index contributed by atoms with van der Waals surface area (Å²) in [6.45, 7) is 2.84. The summed E-state index contributed by atoms with van der Waals surface area (Å²) in [6, 6.07) is 3.19. The molecule has 0 aliphatic carbocycles. The van der Waals surface area contributed by atoms with Crippen molar-refractivity contribution in [3.63, 3.8) is 0 Å². The van der Waals surface area contributed by atoms with E-state index in [1.54, 1.807) is 17.1 Å². The fourth-order valence-corrected chi connectivity index (χ4v) is 1.90. The SMILES string of the molecule is CC(Cn1cccn1)NC(=O)CCn1ccc(C(=O)O)n1. The van der Waals surface area contributed by atoms with Gasteiger partial charge in [0.2, 0.25) is 5.91 Å². The van der Waals surface area contributed by atoms with Gasteiger partial charge in [-0.1, -0.05) is 0 Å². The lowest BCUT2D eigenvalue weighted by Crippen LogP contribution is -2.36. The van der Waals surface area contributed by atoms with Gasteiger partial charge in [0, 0.05) is 37.6 Å². The molecule has 112 valence electrons. The van der Waals surface area contributed by atoms with Crippen molar-refractivity contribution in [2.24, 2.45) is 0 Å². The quantitative estimate of drug-likeness (QED) is 0.767. The van der Waals surface area contributed by atoms with Crippen LogP contribution in [0.25, 0.3) is 0 Å². The number of carboxylic acids is 1. The van der Waals surface area contributed by atoms with Gasteiger partial charge >= 0.3 is 5.97 Å². The Hall–Kier alpha value is -2.64. The first-order valence-electron chi connectivity index (χ1n) is 6.58. The lowest BCUT2D eigenvalue weighted by Gasteiger charge is -2.13. The van der Waals surface area contributed by atoms with Crippen LogP contribution in [-0.2, 0) is 17.9 Å². The topological polar surface area (TPSA) is 102 Å². The van der Waals surface area contributed by atoms with Crippen LogP contribution < -0.4 is 5.32 Å². The largest absolute Gasteiger partial charge is 0.476 e. The number of aryl methyl sites for hydroxylation is 1. The van der Waals surface area contributed by atoms with Crippen molar-refractivity contribution < 1.29 is 14.7 Å². The zero-order valence-corrected chi connectivity index (χ0v) is 11.6. The summed E-state index contributed by atoms with van der Waals surface area (Å²) in [6.07, 6.45) is 5.31. The molecule has 2 N–H and O–H groups in total. The highest BCUT2D eigenvalue weighted by Gasteiger charge is 2.10. The highest BCUT2D eigenvalue weighted by atomic mass is 16.4. The molecule has 2 aromatic rings. The van der Waals surface area contributed by atoms with Gasteiger partial charge in [0.15, 0.2) is 5.69 Å². The molecule has 0 saturated carbocycles. The van der Waals surface area contributed by atoms with E-state index in [0.29, 0.717) is 13.1 Å². The van der Waals surface area contributed by atoms with E-state index in [1.165, 1.54) is 10.7 Å². The van der Waals surface area contributed by atoms with Crippen LogP contribution >= 0.6 is 0 Å². The molecule has 8 nitrogen and oxygen atoms in total. The maximum Gasteiger partial charge on any atom is 0.356 e. The number of carboxylic acid groups (broad SMARTS) is 1. The van der Waals surface area contributed by atoms with Gasteiger partial charge in [-0.15, -0.1) is 0 Å². The van der Waals surface area contributed by atoms with Crippen molar-refractivity contribution in [1.82, 2.24) is 24.9 Å². The molecule has 0 fully saturated rings. The van der Waals surface area contributed by atoms with E-state index in [4.69, 9.17) is 5.11 Å². The van der Waals surface area contributed by atoms with E-state index in [2.05, 4.69) is 15.5 Å². The van der Waals surface area contributed by atoms with Gasteiger partial charge in [-0.3, -0.25) is 14.2 Å². The first-order valence-corrected chi connectivity index (χ1v) is 6.58. The standard InChI is InChI=1S/C13H17N5O3/c1-10(9-18-6-2-5-14-18)15-12(19)4-8-17-7-3-11(16-17)13(20)21/h2-3,5-7,10H,4,8-9H2,1H3,(H,15,19)(H,20,21). The molecule has 0 aliphatic rings. The Balaban J connectivity index is 1.75. The van der Waals surface area contributed by atoms with Crippen LogP contribution in [0.5, 0.6) is 0 Å². The molecule has 21 heavy (non-hydrogen) atoms. The summed E-state index contributed by atoms with van der Waals surface area (Å²) in [5.74, 6) is -1.19. The monoisotopic (exact) mass is 291 g/mol. The minimum absolute atomic E-state index is 0.0255. The fourth-order valence-electron chi connectivity index (χ4n) is 1.90. The van der Waals surface area contributed by atoms with Crippen LogP contribution in [0.2, 0.25) is 0 Å². The third-order valence-electron chi connectivity index (χ3n) is 2.86. The maximum absolute atomic E-state index is 11.8. The van der Waals surface area contributed by atoms with Crippen molar-refractivity contribution in [2.45, 2.75) is 32.5 Å². The summed E-state index contributed by atoms with van der Waals surface area (Å²) >= 11 is 0. The van der Waals surface area contributed by atoms with E-state index < -0.39 is 5.97 Å². The van der Waals surface area contributed by atoms with Gasteiger partial charge in [0.05, 0.1) is 6.54 Å². The second kappa shape index (κ2) is 6.69. The Kier molecular flexibility index (Phi) is 4.70. The first-order chi connectivity index (χ1) is 10.0. The number of aromatic carboxylic acids is 1. The molecule has 0 aromatic carbocycles. The predicted octanol–water partition coefficient (Wildman–Crippen LogP) is 0.373. The fraction of sp³-hybridized carbons (Fsp3) is 0.385. The number of hydrogen-bond donors (Lipinski definition) is 2. The molecule has 0 aliphatic heterocycles. The Morgan fingerprint density at radius 3 is 2.81 bits per heavy atom. The molecule has 0 radical (unpaired) electrons. The normalized spacial score (nSPS) is 12.0. The second-order valence-electron chi connectivity index (χ2n) is 4.72. The van der Waals surface area contributed by atoms with Crippen molar-refractivity contribution in [1.29, 1.82) is 0 Å². The van der Waals surface area contributed by atoms with Crippen molar-refractivity contribution in [2.75, 3.05) is 0 Å². The van der Waals surface area contributed by atoms with Gasteiger partial charge in [-0.2, -0.15) is 10.2 Å². The molecule has 0 bridgehead atoms. The molecule has 8 heteroatoms. The molecular weight excluding hydrogens is 274 g/mol. The van der Waals surface area contributed by atoms with E-state index >= 15 is 0 Å². The highest BCUT2D eigenvalue weighted by molar-refractivity contribution is 5.85. The number of aromatic nitrogens is 4. The van der Waals surface area contributed by atoms with Gasteiger partial charge < -0.3 is 10.4 Å². The zero-order valence-electron chi connectivity index (χ0n) is 11.6. The van der Waals surface area contributed by atoms with E-state index in [1.807, 2.05) is 19.2 Å². The van der Waals surface area contributed by atoms with Crippen LogP contribution in [0.1, 0.15) is 23.8 Å². The molecule has 0 spiro atoms. The number of amides is 1. The summed E-state index contributed by atoms with van der Waals surface area (Å²) in [7, 11) is 0. The van der Waals surface area contributed by atoms with Crippen molar-refractivity contribution in [3.8, 4) is 0 Å². The van der Waals surface area contributed by atoms with Crippen LogP contribution in [-0.4, -0.2) is 42.6 Å². The van der Waals surface area contributed by atoms with E-state index in [9.17, 15) is 9.59 Å². The van der Waals surface area contributed by atoms with Crippen molar-refractivity contribution >= 4 is 11.9 Å². The lowest BCUT2D eigenvalue weighted by molar-refractivity contribution is -0.122. The first kappa shape index (κ1) is 14.8. The molecule has 1 unspecified atom stereocenters. The molecule has 2 aromatic heterocycles. The number of rotatable bonds is 7. The number of nitrogens with one attached hydrogen (secondary N) is 1. The second-order valence-corrected chi connectivity index (χ2v) is 4.72. The molecule has 1 atom stereocenters. The van der Waals surface area contributed by atoms with E-state index in [0.717, 1.165) is 0 Å². The van der Waals surface area contributed by atoms with Crippen LogP contribution in [0.4, 0.5) is 0 Å². The summed E-state index contributed by atoms with van der Waals surface area (Å²) in [4.78, 5) is 22.5. The molecule has 0 saturated heterocycles. The molecule has 2 heterocycles. The third-order valence-corrected chi connectivity index (χ3v) is 2.86. The summed E-state index contributed by atoms with van der Waals surface area (Å²) in [5.41, 5.74) is -0.0255. The average molecular weight is 291 g/mol. The predicted molar refractivity (Wildman–Crippen MR) is 73.6 cm³/mol. The van der Waals surface area contributed by atoms with Crippen LogP contribution in [0, 0.1) is 0 Å². The van der Waals surface area contributed by atoms with Gasteiger partial charge in [-0.25, -0.2) is 4.79 Å². The minimum atomic E-state index is -1.08. The van der Waals surface area contributed by atoms with Gasteiger partial charge in [0.25, 0.3) is 0 Å². The van der Waals surface area contributed by atoms with Gasteiger partial charge in [-0.05, 0) is 19.1 Å². The average Bonchev–Trinajstić information content (AvgIpc) is 3.06. The zero-order chi connectivity index (χ0) is 15.2. The highest BCUT2D eigenvalue weighted by Crippen LogP contribution is 1.98. The third kappa shape index (κ3) is 4.44. The number of carbonyl (C=O) groups excluding carboxylic acids is 1. The molecule has 1 amide bonds. The number of nitrogens with zero attached hydrogens (tertiary/aromatic N) is 4.